The third-order valence-corrected chi connectivity index (χ3v) is 9.91. The van der Waals surface area contributed by atoms with Crippen LogP contribution in [0.1, 0.15) is 16.7 Å². The molecule has 0 fully saturated rings. The van der Waals surface area contributed by atoms with Crippen LogP contribution in [0.2, 0.25) is 0 Å². The molecule has 1 aromatic heterocycles. The van der Waals surface area contributed by atoms with Gasteiger partial charge < -0.3 is 4.42 Å². The zero-order chi connectivity index (χ0) is 36.3. The third kappa shape index (κ3) is 6.42. The van der Waals surface area contributed by atoms with Crippen LogP contribution in [0.4, 0.5) is 0 Å². The molecule has 9 aromatic rings. The van der Waals surface area contributed by atoms with Gasteiger partial charge in [0, 0.05) is 27.5 Å². The van der Waals surface area contributed by atoms with Gasteiger partial charge in [-0.05, 0) is 75.1 Å². The fourth-order valence-electron chi connectivity index (χ4n) is 7.12. The maximum atomic E-state index is 6.62. The molecule has 4 nitrogen and oxygen atoms in total. The topological polar surface area (TPSA) is 50.2 Å². The summed E-state index contributed by atoms with van der Waals surface area (Å²) in [5, 5.41) is 4.30. The summed E-state index contributed by atoms with van der Waals surface area (Å²) in [5.41, 5.74) is 11.1. The Bertz CT molecular complexity index is 2830. The Labute approximate surface area is 314 Å². The largest absolute Gasteiger partial charge is 0.455 e. The van der Waals surface area contributed by atoms with E-state index in [0.717, 1.165) is 60.9 Å². The van der Waals surface area contributed by atoms with Gasteiger partial charge in [-0.2, -0.15) is 0 Å². The summed E-state index contributed by atoms with van der Waals surface area (Å²) in [5.74, 6) is 1.05. The first kappa shape index (κ1) is 32.7. The third-order valence-electron chi connectivity index (χ3n) is 9.91. The standard InChI is InChI=1S/C50H35N3O/c1-51-50(45-31-30-43(42-29-26-36-16-8-9-17-41(36)32-42)48-47(45)44-18-10-11-19-46(44)54-48)53-49(52-33-34-12-4-2-5-13-34)40-27-24-39(25-28-40)38-22-20-37(21-23-38)35-14-6-3-7-15-35/h2-32H,1,33H2/b52-49-,53-50-. The average molecular weight is 694 g/mol. The van der Waals surface area contributed by atoms with Crippen molar-refractivity contribution in [3.8, 4) is 33.4 Å². The van der Waals surface area contributed by atoms with Crippen LogP contribution in [0.5, 0.6) is 0 Å². The second-order valence-corrected chi connectivity index (χ2v) is 13.3. The Hall–Kier alpha value is -7.17. The molecule has 256 valence electrons. The molecule has 0 aliphatic heterocycles. The Morgan fingerprint density at radius 2 is 1.09 bits per heavy atom. The van der Waals surface area contributed by atoms with Crippen LogP contribution in [0.25, 0.3) is 66.1 Å². The van der Waals surface area contributed by atoms with E-state index in [1.165, 1.54) is 21.9 Å². The van der Waals surface area contributed by atoms with E-state index >= 15 is 0 Å². The molecule has 0 unspecified atom stereocenters. The molecule has 54 heavy (non-hydrogen) atoms. The van der Waals surface area contributed by atoms with Crippen molar-refractivity contribution >= 4 is 51.1 Å². The molecule has 8 aromatic carbocycles. The van der Waals surface area contributed by atoms with Crippen molar-refractivity contribution in [2.45, 2.75) is 6.54 Å². The number of furan rings is 1. The molecule has 0 aliphatic rings. The molecule has 1 heterocycles. The predicted octanol–water partition coefficient (Wildman–Crippen LogP) is 12.8. The fraction of sp³-hybridized carbons (Fsp3) is 0.0200. The minimum absolute atomic E-state index is 0.470. The molecule has 0 saturated heterocycles. The van der Waals surface area contributed by atoms with Crippen LogP contribution in [-0.2, 0) is 6.54 Å². The van der Waals surface area contributed by atoms with Crippen molar-refractivity contribution in [3.63, 3.8) is 0 Å². The molecule has 4 heteroatoms. The minimum atomic E-state index is 0.470. The van der Waals surface area contributed by atoms with E-state index in [1.54, 1.807) is 0 Å². The van der Waals surface area contributed by atoms with Gasteiger partial charge >= 0.3 is 0 Å². The molecule has 0 bridgehead atoms. The summed E-state index contributed by atoms with van der Waals surface area (Å²) in [4.78, 5) is 14.8. The smallest absolute Gasteiger partial charge is 0.161 e. The summed E-state index contributed by atoms with van der Waals surface area (Å²) >= 11 is 0. The molecule has 0 atom stereocenters. The molecule has 9 rings (SSSR count). The summed E-state index contributed by atoms with van der Waals surface area (Å²) in [6.07, 6.45) is 0. The van der Waals surface area contributed by atoms with Crippen LogP contribution < -0.4 is 0 Å². The number of aliphatic imine (C=N–C) groups is 3. The lowest BCUT2D eigenvalue weighted by atomic mass is 9.96. The molecular weight excluding hydrogens is 659 g/mol. The normalized spacial score (nSPS) is 12.1. The van der Waals surface area contributed by atoms with E-state index in [4.69, 9.17) is 14.4 Å². The van der Waals surface area contributed by atoms with Gasteiger partial charge in [0.15, 0.2) is 11.7 Å². The van der Waals surface area contributed by atoms with Gasteiger partial charge in [-0.3, -0.25) is 4.99 Å². The number of hydrogen-bond donors (Lipinski definition) is 0. The number of benzene rings is 8. The van der Waals surface area contributed by atoms with Gasteiger partial charge in [-0.15, -0.1) is 0 Å². The second kappa shape index (κ2) is 14.5. The van der Waals surface area contributed by atoms with Gasteiger partial charge in [-0.1, -0.05) is 164 Å². The fourth-order valence-corrected chi connectivity index (χ4v) is 7.12. The summed E-state index contributed by atoms with van der Waals surface area (Å²) in [7, 11) is 0. The maximum absolute atomic E-state index is 6.62. The summed E-state index contributed by atoms with van der Waals surface area (Å²) in [6, 6.07) is 65.0. The van der Waals surface area contributed by atoms with Crippen LogP contribution >= 0.6 is 0 Å². The van der Waals surface area contributed by atoms with E-state index in [1.807, 2.05) is 42.5 Å². The van der Waals surface area contributed by atoms with Crippen molar-refractivity contribution in [3.05, 3.63) is 205 Å². The Morgan fingerprint density at radius 1 is 0.500 bits per heavy atom. The number of amidine groups is 2. The SMILES string of the molecule is C=N/C(=N\C(=N/Cc1ccccc1)c1ccc(-c2ccc(-c3ccccc3)cc2)cc1)c1ccc(-c2ccc3ccccc3c2)c2oc3ccccc3c12. The molecule has 0 amide bonds. The van der Waals surface area contributed by atoms with Gasteiger partial charge in [0.05, 0.1) is 6.54 Å². The van der Waals surface area contributed by atoms with Gasteiger partial charge in [0.2, 0.25) is 0 Å². The van der Waals surface area contributed by atoms with E-state index in [0.29, 0.717) is 18.2 Å². The van der Waals surface area contributed by atoms with Gasteiger partial charge in [-0.25, -0.2) is 9.98 Å². The summed E-state index contributed by atoms with van der Waals surface area (Å²) in [6.45, 7) is 4.47. The Balaban J connectivity index is 1.13. The van der Waals surface area contributed by atoms with E-state index in [2.05, 4.69) is 157 Å². The molecule has 0 spiro atoms. The number of hydrogen-bond acceptors (Lipinski definition) is 2. The lowest BCUT2D eigenvalue weighted by Crippen LogP contribution is -2.06. The van der Waals surface area contributed by atoms with Gasteiger partial charge in [0.25, 0.3) is 0 Å². The van der Waals surface area contributed by atoms with Gasteiger partial charge in [0.1, 0.15) is 11.2 Å². The van der Waals surface area contributed by atoms with Crippen LogP contribution in [0, 0.1) is 0 Å². The number of para-hydroxylation sites is 1. The molecule has 0 N–H and O–H groups in total. The first-order valence-corrected chi connectivity index (χ1v) is 18.1. The minimum Gasteiger partial charge on any atom is -0.455 e. The zero-order valence-corrected chi connectivity index (χ0v) is 29.6. The molecular formula is C50H35N3O. The first-order chi connectivity index (χ1) is 26.7. The average Bonchev–Trinajstić information content (AvgIpc) is 3.64. The number of fused-ring (bicyclic) bond motifs is 4. The zero-order valence-electron chi connectivity index (χ0n) is 29.6. The number of nitrogens with zero attached hydrogens (tertiary/aromatic N) is 3. The number of rotatable bonds is 7. The van der Waals surface area contributed by atoms with Crippen molar-refractivity contribution < 1.29 is 4.42 Å². The van der Waals surface area contributed by atoms with Crippen molar-refractivity contribution in [2.24, 2.45) is 15.0 Å². The quantitative estimate of drug-likeness (QED) is 0.121. The van der Waals surface area contributed by atoms with Crippen molar-refractivity contribution in [1.29, 1.82) is 0 Å². The highest BCUT2D eigenvalue weighted by atomic mass is 16.3. The monoisotopic (exact) mass is 693 g/mol. The van der Waals surface area contributed by atoms with Crippen molar-refractivity contribution in [1.82, 2.24) is 0 Å². The lowest BCUT2D eigenvalue weighted by molar-refractivity contribution is 0.670. The van der Waals surface area contributed by atoms with Crippen LogP contribution in [-0.4, -0.2) is 18.4 Å². The van der Waals surface area contributed by atoms with Crippen LogP contribution in [0.3, 0.4) is 0 Å². The molecule has 0 radical (unpaired) electrons. The highest BCUT2D eigenvalue weighted by Gasteiger charge is 2.20. The van der Waals surface area contributed by atoms with E-state index in [9.17, 15) is 0 Å². The highest BCUT2D eigenvalue weighted by molar-refractivity contribution is 6.23. The van der Waals surface area contributed by atoms with E-state index < -0.39 is 0 Å². The summed E-state index contributed by atoms with van der Waals surface area (Å²) < 4.78 is 6.62. The molecule has 0 saturated carbocycles. The van der Waals surface area contributed by atoms with E-state index in [-0.39, 0.29) is 0 Å². The lowest BCUT2D eigenvalue weighted by Gasteiger charge is -2.10. The molecule has 0 aliphatic carbocycles. The Morgan fingerprint density at radius 3 is 1.81 bits per heavy atom. The van der Waals surface area contributed by atoms with Crippen LogP contribution in [0.15, 0.2) is 207 Å². The second-order valence-electron chi connectivity index (χ2n) is 13.3. The maximum Gasteiger partial charge on any atom is 0.161 e. The first-order valence-electron chi connectivity index (χ1n) is 18.1. The Kier molecular flexibility index (Phi) is 8.76. The van der Waals surface area contributed by atoms with Crippen molar-refractivity contribution in [2.75, 3.05) is 0 Å². The highest BCUT2D eigenvalue weighted by Crippen LogP contribution is 2.39. The predicted molar refractivity (Wildman–Crippen MR) is 227 cm³/mol.